The summed E-state index contributed by atoms with van der Waals surface area (Å²) in [5.74, 6) is 0.209. The van der Waals surface area contributed by atoms with Gasteiger partial charge in [0.05, 0.1) is 0 Å². The topological polar surface area (TPSA) is 65.0 Å². The number of carbonyl (C=O) groups is 1. The lowest BCUT2D eigenvalue weighted by molar-refractivity contribution is 0.248. The first-order valence-corrected chi connectivity index (χ1v) is 4.39. The average Bonchev–Trinajstić information content (AvgIpc) is 2.45. The van der Waals surface area contributed by atoms with Crippen LogP contribution in [-0.2, 0) is 0 Å². The number of hydrogen-bond acceptors (Lipinski definition) is 2. The predicted molar refractivity (Wildman–Crippen MR) is 53.3 cm³/mol. The van der Waals surface area contributed by atoms with Crippen molar-refractivity contribution in [3.63, 3.8) is 0 Å². The number of carbonyl (C=O) groups excluding carboxylic acids is 1. The van der Waals surface area contributed by atoms with Crippen LogP contribution in [0.3, 0.4) is 0 Å². The summed E-state index contributed by atoms with van der Waals surface area (Å²) in [4.78, 5) is 11.0. The third kappa shape index (κ3) is 1.46. The molecule has 3 N–H and O–H groups in total. The second kappa shape index (κ2) is 3.14. The molecule has 1 fully saturated rings. The van der Waals surface area contributed by atoms with Crippen LogP contribution in [0.25, 0.3) is 0 Å². The van der Waals surface area contributed by atoms with Gasteiger partial charge in [0.25, 0.3) is 0 Å². The van der Waals surface area contributed by atoms with Crippen LogP contribution >= 0.6 is 0 Å². The molecule has 0 radical (unpaired) electrons. The molecule has 1 unspecified atom stereocenters. The molecular formula is C10H11N3O. The molecule has 72 valence electrons. The maximum Gasteiger partial charge on any atom is 0.321 e. The Bertz CT molecular complexity index is 400. The van der Waals surface area contributed by atoms with Gasteiger partial charge in [-0.25, -0.2) is 4.79 Å². The lowest BCUT2D eigenvalue weighted by Crippen LogP contribution is -2.22. The minimum absolute atomic E-state index is 0.209. The number of amides is 2. The number of aryl methyl sites for hydroxylation is 1. The highest BCUT2D eigenvalue weighted by Gasteiger charge is 2.27. The van der Waals surface area contributed by atoms with Crippen molar-refractivity contribution in [2.75, 3.05) is 0 Å². The molecule has 1 aromatic rings. The van der Waals surface area contributed by atoms with Gasteiger partial charge in [0.15, 0.2) is 0 Å². The summed E-state index contributed by atoms with van der Waals surface area (Å²) in [6, 6.07) is 7.15. The lowest BCUT2D eigenvalue weighted by atomic mass is 10.0. The highest BCUT2D eigenvalue weighted by Crippen LogP contribution is 2.17. The Morgan fingerprint density at radius 1 is 1.43 bits per heavy atom. The molecule has 4 nitrogen and oxygen atoms in total. The number of nitrogens with one attached hydrogen (secondary N) is 3. The van der Waals surface area contributed by atoms with Crippen molar-refractivity contribution < 1.29 is 4.79 Å². The number of amidine groups is 1. The van der Waals surface area contributed by atoms with E-state index in [0.29, 0.717) is 0 Å². The largest absolute Gasteiger partial charge is 0.324 e. The second-order valence-corrected chi connectivity index (χ2v) is 3.36. The van der Waals surface area contributed by atoms with E-state index in [-0.39, 0.29) is 17.9 Å². The van der Waals surface area contributed by atoms with Gasteiger partial charge in [-0.15, -0.1) is 0 Å². The molecule has 14 heavy (non-hydrogen) atoms. The molecule has 0 aromatic heterocycles. The van der Waals surface area contributed by atoms with Crippen molar-refractivity contribution in [1.29, 1.82) is 5.41 Å². The van der Waals surface area contributed by atoms with E-state index in [4.69, 9.17) is 5.41 Å². The molecule has 2 amide bonds. The first-order valence-electron chi connectivity index (χ1n) is 4.39. The van der Waals surface area contributed by atoms with Crippen LogP contribution < -0.4 is 10.6 Å². The minimum atomic E-state index is -0.317. The van der Waals surface area contributed by atoms with Gasteiger partial charge in [-0.1, -0.05) is 29.8 Å². The lowest BCUT2D eigenvalue weighted by Gasteiger charge is -2.09. The monoisotopic (exact) mass is 189 g/mol. The zero-order valence-electron chi connectivity index (χ0n) is 7.79. The molecule has 0 spiro atoms. The van der Waals surface area contributed by atoms with Crippen LogP contribution in [0, 0.1) is 12.3 Å². The van der Waals surface area contributed by atoms with E-state index in [1.54, 1.807) is 0 Å². The van der Waals surface area contributed by atoms with Gasteiger partial charge in [-0.3, -0.25) is 10.7 Å². The number of urea groups is 1. The van der Waals surface area contributed by atoms with Gasteiger partial charge >= 0.3 is 6.03 Å². The number of hydrogen-bond donors (Lipinski definition) is 3. The fourth-order valence-electron chi connectivity index (χ4n) is 1.53. The third-order valence-electron chi connectivity index (χ3n) is 2.19. The molecule has 0 saturated carbocycles. The van der Waals surface area contributed by atoms with E-state index in [9.17, 15) is 4.79 Å². The van der Waals surface area contributed by atoms with Crippen molar-refractivity contribution in [3.05, 3.63) is 35.4 Å². The smallest absolute Gasteiger partial charge is 0.321 e. The van der Waals surface area contributed by atoms with E-state index in [1.165, 1.54) is 0 Å². The summed E-state index contributed by atoms with van der Waals surface area (Å²) in [5, 5.41) is 12.6. The van der Waals surface area contributed by atoms with Gasteiger partial charge in [0, 0.05) is 0 Å². The predicted octanol–water partition coefficient (Wildman–Crippen LogP) is 1.33. The average molecular weight is 189 g/mol. The number of benzene rings is 1. The van der Waals surface area contributed by atoms with Crippen molar-refractivity contribution >= 4 is 11.9 Å². The molecule has 1 aromatic carbocycles. The molecule has 4 heteroatoms. The molecule has 0 aliphatic carbocycles. The summed E-state index contributed by atoms with van der Waals surface area (Å²) in [6.07, 6.45) is 0. The minimum Gasteiger partial charge on any atom is -0.324 e. The Hall–Kier alpha value is -1.84. The highest BCUT2D eigenvalue weighted by atomic mass is 16.2. The Balaban J connectivity index is 2.31. The van der Waals surface area contributed by atoms with Gasteiger partial charge in [0.2, 0.25) is 0 Å². The quantitative estimate of drug-likeness (QED) is 0.613. The fraction of sp³-hybridized carbons (Fsp3) is 0.200. The molecule has 2 rings (SSSR count). The van der Waals surface area contributed by atoms with E-state index >= 15 is 0 Å². The molecule has 1 atom stereocenters. The van der Waals surface area contributed by atoms with Gasteiger partial charge in [0.1, 0.15) is 11.9 Å². The van der Waals surface area contributed by atoms with Crippen LogP contribution in [0.2, 0.25) is 0 Å². The summed E-state index contributed by atoms with van der Waals surface area (Å²) in [5.41, 5.74) is 2.06. The molecule has 1 aliphatic heterocycles. The summed E-state index contributed by atoms with van der Waals surface area (Å²) < 4.78 is 0. The summed E-state index contributed by atoms with van der Waals surface area (Å²) in [6.45, 7) is 1.98. The second-order valence-electron chi connectivity index (χ2n) is 3.36. The summed E-state index contributed by atoms with van der Waals surface area (Å²) >= 11 is 0. The van der Waals surface area contributed by atoms with E-state index in [2.05, 4.69) is 10.6 Å². The van der Waals surface area contributed by atoms with Gasteiger partial charge in [-0.05, 0) is 12.5 Å². The van der Waals surface area contributed by atoms with Crippen molar-refractivity contribution in [2.45, 2.75) is 13.0 Å². The SMILES string of the molecule is Cc1cccc(C2NC(=O)NC2=N)c1. The first-order chi connectivity index (χ1) is 6.66. The van der Waals surface area contributed by atoms with Gasteiger partial charge in [-0.2, -0.15) is 0 Å². The molecule has 0 bridgehead atoms. The zero-order valence-corrected chi connectivity index (χ0v) is 7.79. The van der Waals surface area contributed by atoms with Crippen molar-refractivity contribution in [3.8, 4) is 0 Å². The number of rotatable bonds is 1. The first kappa shape index (κ1) is 8.74. The van der Waals surface area contributed by atoms with E-state index in [1.807, 2.05) is 31.2 Å². The Labute approximate surface area is 81.8 Å². The molecule has 1 aliphatic rings. The summed E-state index contributed by atoms with van der Waals surface area (Å²) in [7, 11) is 0. The fourth-order valence-corrected chi connectivity index (χ4v) is 1.53. The van der Waals surface area contributed by atoms with E-state index in [0.717, 1.165) is 11.1 Å². The Morgan fingerprint density at radius 2 is 2.21 bits per heavy atom. The molecule has 1 heterocycles. The van der Waals surface area contributed by atoms with E-state index < -0.39 is 0 Å². The Morgan fingerprint density at radius 3 is 2.79 bits per heavy atom. The third-order valence-corrected chi connectivity index (χ3v) is 2.19. The maximum atomic E-state index is 11.0. The highest BCUT2D eigenvalue weighted by molar-refractivity contribution is 6.05. The van der Waals surface area contributed by atoms with Crippen LogP contribution in [0.4, 0.5) is 4.79 Å². The Kier molecular flexibility index (Phi) is 1.96. The zero-order chi connectivity index (χ0) is 10.1. The van der Waals surface area contributed by atoms with Gasteiger partial charge < -0.3 is 5.32 Å². The van der Waals surface area contributed by atoms with Crippen LogP contribution in [0.1, 0.15) is 17.2 Å². The van der Waals surface area contributed by atoms with Crippen LogP contribution in [0.15, 0.2) is 24.3 Å². The van der Waals surface area contributed by atoms with Crippen LogP contribution in [0.5, 0.6) is 0 Å². The van der Waals surface area contributed by atoms with Crippen LogP contribution in [-0.4, -0.2) is 11.9 Å². The standard InChI is InChI=1S/C10H11N3O/c1-6-3-2-4-7(5-6)8-9(11)13-10(14)12-8/h2-5,8H,1H3,(H3,11,12,13,14). The maximum absolute atomic E-state index is 11.0. The molecular weight excluding hydrogens is 178 g/mol. The van der Waals surface area contributed by atoms with Crippen molar-refractivity contribution in [1.82, 2.24) is 10.6 Å². The normalized spacial score (nSPS) is 20.5. The van der Waals surface area contributed by atoms with Crippen molar-refractivity contribution in [2.24, 2.45) is 0 Å². The molecule has 1 saturated heterocycles.